The second-order valence-electron chi connectivity index (χ2n) is 4.26. The normalized spacial score (nSPS) is 12.4. The summed E-state index contributed by atoms with van der Waals surface area (Å²) in [7, 11) is 0. The molecule has 2 aromatic rings. The number of pyridine rings is 1. The summed E-state index contributed by atoms with van der Waals surface area (Å²) in [5.74, 6) is 0.655. The minimum absolute atomic E-state index is 0.126. The Morgan fingerprint density at radius 1 is 1.24 bits per heavy atom. The van der Waals surface area contributed by atoms with Crippen molar-refractivity contribution in [1.29, 1.82) is 0 Å². The fourth-order valence-electron chi connectivity index (χ4n) is 1.63. The molecule has 4 heteroatoms. The van der Waals surface area contributed by atoms with E-state index in [1.165, 1.54) is 0 Å². The van der Waals surface area contributed by atoms with Crippen molar-refractivity contribution < 1.29 is 0 Å². The van der Waals surface area contributed by atoms with Crippen molar-refractivity contribution in [2.75, 3.05) is 0 Å². The quantitative estimate of drug-likeness (QED) is 0.869. The Morgan fingerprint density at radius 2 is 1.94 bits per heavy atom. The van der Waals surface area contributed by atoms with Crippen LogP contribution in [0.1, 0.15) is 18.2 Å². The van der Waals surface area contributed by atoms with Gasteiger partial charge in [0, 0.05) is 24.1 Å². The van der Waals surface area contributed by atoms with Crippen LogP contribution in [0.25, 0.3) is 11.5 Å². The largest absolute Gasteiger partial charge is 0.328 e. The molecule has 88 valence electrons. The summed E-state index contributed by atoms with van der Waals surface area (Å²) in [6.45, 7) is 3.92. The van der Waals surface area contributed by atoms with Crippen molar-refractivity contribution in [1.82, 2.24) is 15.0 Å². The zero-order valence-corrected chi connectivity index (χ0v) is 10.1. The third-order valence-corrected chi connectivity index (χ3v) is 2.38. The molecule has 0 fully saturated rings. The van der Waals surface area contributed by atoms with Gasteiger partial charge in [-0.1, -0.05) is 6.07 Å². The lowest BCUT2D eigenvalue weighted by Crippen LogP contribution is -2.18. The second-order valence-corrected chi connectivity index (χ2v) is 4.26. The lowest BCUT2D eigenvalue weighted by Gasteiger charge is -2.05. The van der Waals surface area contributed by atoms with Crippen molar-refractivity contribution in [2.24, 2.45) is 5.73 Å². The average molecular weight is 228 g/mol. The molecule has 0 aromatic carbocycles. The van der Waals surface area contributed by atoms with E-state index >= 15 is 0 Å². The number of nitrogens with two attached hydrogens (primary N) is 1. The van der Waals surface area contributed by atoms with E-state index < -0.39 is 0 Å². The van der Waals surface area contributed by atoms with Crippen LogP contribution in [0.5, 0.6) is 0 Å². The van der Waals surface area contributed by atoms with Gasteiger partial charge in [-0.05, 0) is 38.0 Å². The minimum Gasteiger partial charge on any atom is -0.328 e. The van der Waals surface area contributed by atoms with Crippen LogP contribution in [0.2, 0.25) is 0 Å². The molecule has 0 spiro atoms. The Balaban J connectivity index is 2.23. The monoisotopic (exact) mass is 228 g/mol. The molecular formula is C13H16N4. The van der Waals surface area contributed by atoms with Crippen LogP contribution >= 0.6 is 0 Å². The van der Waals surface area contributed by atoms with Crippen LogP contribution in [-0.4, -0.2) is 21.0 Å². The predicted molar refractivity (Wildman–Crippen MR) is 67.4 cm³/mol. The summed E-state index contributed by atoms with van der Waals surface area (Å²) in [5.41, 5.74) is 8.54. The lowest BCUT2D eigenvalue weighted by molar-refractivity contribution is 0.732. The number of hydrogen-bond donors (Lipinski definition) is 1. The van der Waals surface area contributed by atoms with Gasteiger partial charge in [0.15, 0.2) is 5.82 Å². The summed E-state index contributed by atoms with van der Waals surface area (Å²) >= 11 is 0. The Kier molecular flexibility index (Phi) is 3.44. The Bertz CT molecular complexity index is 491. The molecule has 0 saturated carbocycles. The van der Waals surface area contributed by atoms with E-state index in [1.807, 2.05) is 44.4 Å². The van der Waals surface area contributed by atoms with E-state index in [9.17, 15) is 0 Å². The van der Waals surface area contributed by atoms with Crippen LogP contribution < -0.4 is 5.73 Å². The molecule has 2 rings (SSSR count). The van der Waals surface area contributed by atoms with E-state index in [0.717, 1.165) is 23.4 Å². The van der Waals surface area contributed by atoms with Crippen molar-refractivity contribution in [2.45, 2.75) is 26.3 Å². The summed E-state index contributed by atoms with van der Waals surface area (Å²) in [4.78, 5) is 13.0. The van der Waals surface area contributed by atoms with E-state index in [0.29, 0.717) is 5.82 Å². The fourth-order valence-corrected chi connectivity index (χ4v) is 1.63. The number of aromatic nitrogens is 3. The third-order valence-electron chi connectivity index (χ3n) is 2.38. The topological polar surface area (TPSA) is 64.7 Å². The highest BCUT2D eigenvalue weighted by Gasteiger charge is 2.04. The number of aryl methyl sites for hydroxylation is 1. The smallest absolute Gasteiger partial charge is 0.178 e. The minimum atomic E-state index is 0.126. The molecule has 0 amide bonds. The first-order chi connectivity index (χ1) is 8.15. The van der Waals surface area contributed by atoms with Crippen molar-refractivity contribution in [3.05, 3.63) is 41.9 Å². The van der Waals surface area contributed by atoms with Crippen molar-refractivity contribution >= 4 is 0 Å². The fraction of sp³-hybridized carbons (Fsp3) is 0.308. The van der Waals surface area contributed by atoms with Gasteiger partial charge in [0.25, 0.3) is 0 Å². The van der Waals surface area contributed by atoms with Crippen LogP contribution in [0.4, 0.5) is 0 Å². The molecule has 0 radical (unpaired) electrons. The summed E-state index contributed by atoms with van der Waals surface area (Å²) in [6.07, 6.45) is 4.42. The highest BCUT2D eigenvalue weighted by molar-refractivity contribution is 5.48. The zero-order chi connectivity index (χ0) is 12.3. The summed E-state index contributed by atoms with van der Waals surface area (Å²) in [5, 5.41) is 0. The van der Waals surface area contributed by atoms with E-state index in [1.54, 1.807) is 0 Å². The van der Waals surface area contributed by atoms with Gasteiger partial charge in [-0.25, -0.2) is 15.0 Å². The number of nitrogens with zero attached hydrogens (tertiary/aromatic N) is 3. The van der Waals surface area contributed by atoms with E-state index in [4.69, 9.17) is 5.73 Å². The van der Waals surface area contributed by atoms with Gasteiger partial charge in [-0.15, -0.1) is 0 Å². The van der Waals surface area contributed by atoms with E-state index in [2.05, 4.69) is 15.0 Å². The zero-order valence-electron chi connectivity index (χ0n) is 10.1. The highest BCUT2D eigenvalue weighted by atomic mass is 14.9. The first-order valence-electron chi connectivity index (χ1n) is 5.65. The molecule has 2 aromatic heterocycles. The number of rotatable bonds is 3. The third kappa shape index (κ3) is 3.07. The molecule has 0 bridgehead atoms. The molecule has 0 aliphatic heterocycles. The molecule has 0 saturated heterocycles. The van der Waals surface area contributed by atoms with Crippen LogP contribution in [0.15, 0.2) is 30.6 Å². The molecule has 2 N–H and O–H groups in total. The van der Waals surface area contributed by atoms with Crippen LogP contribution in [0, 0.1) is 6.92 Å². The standard InChI is InChI=1S/C13H16N4/c1-9(14)6-11-7-15-13(16-8-11)12-5-3-4-10(2)17-12/h3-5,7-9H,6,14H2,1-2H3. The number of hydrogen-bond acceptors (Lipinski definition) is 4. The molecule has 0 aliphatic carbocycles. The van der Waals surface area contributed by atoms with Crippen LogP contribution in [-0.2, 0) is 6.42 Å². The summed E-state index contributed by atoms with van der Waals surface area (Å²) in [6, 6.07) is 5.94. The molecule has 1 unspecified atom stereocenters. The maximum atomic E-state index is 5.73. The summed E-state index contributed by atoms with van der Waals surface area (Å²) < 4.78 is 0. The van der Waals surface area contributed by atoms with Gasteiger partial charge in [-0.2, -0.15) is 0 Å². The van der Waals surface area contributed by atoms with Gasteiger partial charge in [0.05, 0.1) is 0 Å². The average Bonchev–Trinajstić information content (AvgIpc) is 2.29. The van der Waals surface area contributed by atoms with Gasteiger partial charge in [0.2, 0.25) is 0 Å². The maximum absolute atomic E-state index is 5.73. The van der Waals surface area contributed by atoms with Gasteiger partial charge < -0.3 is 5.73 Å². The van der Waals surface area contributed by atoms with E-state index in [-0.39, 0.29) is 6.04 Å². The first kappa shape index (κ1) is 11.7. The molecule has 2 heterocycles. The second kappa shape index (κ2) is 5.01. The van der Waals surface area contributed by atoms with Gasteiger partial charge >= 0.3 is 0 Å². The first-order valence-corrected chi connectivity index (χ1v) is 5.65. The lowest BCUT2D eigenvalue weighted by atomic mass is 10.1. The molecule has 1 atom stereocenters. The van der Waals surface area contributed by atoms with Crippen molar-refractivity contribution in [3.63, 3.8) is 0 Å². The Hall–Kier alpha value is -1.81. The van der Waals surface area contributed by atoms with Crippen LogP contribution in [0.3, 0.4) is 0 Å². The predicted octanol–water partition coefficient (Wildman–Crippen LogP) is 1.74. The molecule has 17 heavy (non-hydrogen) atoms. The Labute approximate surface area is 101 Å². The van der Waals surface area contributed by atoms with Gasteiger partial charge in [0.1, 0.15) is 5.69 Å². The SMILES string of the molecule is Cc1cccc(-c2ncc(CC(C)N)cn2)n1. The highest BCUT2D eigenvalue weighted by Crippen LogP contribution is 2.12. The maximum Gasteiger partial charge on any atom is 0.178 e. The molecule has 4 nitrogen and oxygen atoms in total. The molecular weight excluding hydrogens is 212 g/mol. The van der Waals surface area contributed by atoms with Crippen molar-refractivity contribution in [3.8, 4) is 11.5 Å². The molecule has 0 aliphatic rings. The Morgan fingerprint density at radius 3 is 2.53 bits per heavy atom. The van der Waals surface area contributed by atoms with Gasteiger partial charge in [-0.3, -0.25) is 0 Å².